The lowest BCUT2D eigenvalue weighted by Gasteiger charge is -2.28. The Morgan fingerprint density at radius 2 is 1.96 bits per heavy atom. The van der Waals surface area contributed by atoms with Crippen molar-refractivity contribution in [3.8, 4) is 0 Å². The average Bonchev–Trinajstić information content (AvgIpc) is 3.25. The normalized spacial score (nSPS) is 23.0. The van der Waals surface area contributed by atoms with Gasteiger partial charge >= 0.3 is 0 Å². The fourth-order valence-corrected chi connectivity index (χ4v) is 3.57. The van der Waals surface area contributed by atoms with Crippen molar-refractivity contribution in [2.45, 2.75) is 58.0 Å². The maximum absolute atomic E-state index is 11.8. The van der Waals surface area contributed by atoms with Crippen LogP contribution in [-0.2, 0) is 4.79 Å². The van der Waals surface area contributed by atoms with Gasteiger partial charge in [0.1, 0.15) is 0 Å². The summed E-state index contributed by atoms with van der Waals surface area (Å²) in [7, 11) is 1.82. The van der Waals surface area contributed by atoms with Crippen molar-refractivity contribution in [3.63, 3.8) is 0 Å². The smallest absolute Gasteiger partial charge is 0.222 e. The van der Waals surface area contributed by atoms with Crippen molar-refractivity contribution in [1.82, 2.24) is 20.4 Å². The zero-order chi connectivity index (χ0) is 16.7. The Hall–Kier alpha value is -0.570. The van der Waals surface area contributed by atoms with Crippen molar-refractivity contribution in [3.05, 3.63) is 0 Å². The number of halogens is 1. The second-order valence-corrected chi connectivity index (χ2v) is 6.58. The number of rotatable bonds is 6. The fraction of sp³-hybridized carbons (Fsp3) is 0.882. The summed E-state index contributed by atoms with van der Waals surface area (Å²) in [5.41, 5.74) is 0. The van der Waals surface area contributed by atoms with Crippen LogP contribution in [0, 0.1) is 0 Å². The highest BCUT2D eigenvalue weighted by molar-refractivity contribution is 14.0. The van der Waals surface area contributed by atoms with Gasteiger partial charge in [-0.25, -0.2) is 0 Å². The predicted molar refractivity (Wildman–Crippen MR) is 110 cm³/mol. The molecule has 140 valence electrons. The second-order valence-electron chi connectivity index (χ2n) is 6.58. The molecule has 2 unspecified atom stereocenters. The van der Waals surface area contributed by atoms with Gasteiger partial charge in [0.2, 0.25) is 5.91 Å². The van der Waals surface area contributed by atoms with Crippen LogP contribution in [0.4, 0.5) is 0 Å². The van der Waals surface area contributed by atoms with Gasteiger partial charge in [-0.1, -0.05) is 13.8 Å². The van der Waals surface area contributed by atoms with Crippen molar-refractivity contribution in [2.75, 3.05) is 39.8 Å². The second kappa shape index (κ2) is 11.1. The Kier molecular flexibility index (Phi) is 9.95. The van der Waals surface area contributed by atoms with Gasteiger partial charge in [-0.15, -0.1) is 24.0 Å². The molecule has 2 rings (SSSR count). The molecule has 0 radical (unpaired) electrons. The Bertz CT molecular complexity index is 412. The van der Waals surface area contributed by atoms with Gasteiger partial charge in [0.15, 0.2) is 5.96 Å². The maximum atomic E-state index is 11.8. The molecule has 2 heterocycles. The molecule has 2 saturated heterocycles. The highest BCUT2D eigenvalue weighted by atomic mass is 127. The van der Waals surface area contributed by atoms with Crippen LogP contribution >= 0.6 is 24.0 Å². The number of guanidine groups is 1. The molecule has 2 aliphatic rings. The van der Waals surface area contributed by atoms with Crippen molar-refractivity contribution in [2.24, 2.45) is 4.99 Å². The van der Waals surface area contributed by atoms with E-state index in [-0.39, 0.29) is 29.9 Å². The standard InChI is InChI=1S/C17H33N5O.HI/c1-4-15(21-9-6-7-10-21)12-19-17(18-3)20-14-8-11-22(13-14)16(23)5-2;/h14-15H,4-13H2,1-3H3,(H2,18,19,20);1H. The summed E-state index contributed by atoms with van der Waals surface area (Å²) in [6.45, 7) is 9.20. The topological polar surface area (TPSA) is 60.0 Å². The van der Waals surface area contributed by atoms with Gasteiger partial charge in [0.05, 0.1) is 0 Å². The Balaban J connectivity index is 0.00000288. The van der Waals surface area contributed by atoms with Crippen LogP contribution < -0.4 is 10.6 Å². The number of carbonyl (C=O) groups excluding carboxylic acids is 1. The SMILES string of the molecule is CCC(=O)N1CCC(NC(=NC)NCC(CC)N2CCCC2)C1.I. The molecular formula is C17H34IN5O. The third kappa shape index (κ3) is 6.06. The fourth-order valence-electron chi connectivity index (χ4n) is 3.57. The van der Waals surface area contributed by atoms with E-state index in [9.17, 15) is 4.79 Å². The van der Waals surface area contributed by atoms with Crippen LogP contribution in [0.2, 0.25) is 0 Å². The Labute approximate surface area is 163 Å². The third-order valence-electron chi connectivity index (χ3n) is 5.04. The molecule has 0 saturated carbocycles. The van der Waals surface area contributed by atoms with E-state index in [2.05, 4.69) is 27.4 Å². The monoisotopic (exact) mass is 451 g/mol. The predicted octanol–water partition coefficient (Wildman–Crippen LogP) is 1.65. The first-order chi connectivity index (χ1) is 11.2. The number of carbonyl (C=O) groups is 1. The number of hydrogen-bond donors (Lipinski definition) is 2. The maximum Gasteiger partial charge on any atom is 0.222 e. The summed E-state index contributed by atoms with van der Waals surface area (Å²) in [5.74, 6) is 1.11. The van der Waals surface area contributed by atoms with E-state index in [1.54, 1.807) is 0 Å². The molecule has 2 aliphatic heterocycles. The first kappa shape index (κ1) is 21.5. The number of likely N-dealkylation sites (tertiary alicyclic amines) is 2. The van der Waals surface area contributed by atoms with Crippen LogP contribution in [0.1, 0.15) is 46.0 Å². The number of nitrogens with one attached hydrogen (secondary N) is 2. The van der Waals surface area contributed by atoms with Crippen molar-refractivity contribution in [1.29, 1.82) is 0 Å². The molecule has 24 heavy (non-hydrogen) atoms. The van der Waals surface area contributed by atoms with Crippen molar-refractivity contribution >= 4 is 35.8 Å². The lowest BCUT2D eigenvalue weighted by atomic mass is 10.2. The molecule has 0 aromatic rings. The zero-order valence-electron chi connectivity index (χ0n) is 15.4. The minimum Gasteiger partial charge on any atom is -0.355 e. The van der Waals surface area contributed by atoms with E-state index in [1.165, 1.54) is 25.9 Å². The first-order valence-electron chi connectivity index (χ1n) is 9.16. The van der Waals surface area contributed by atoms with E-state index in [0.29, 0.717) is 18.5 Å². The summed E-state index contributed by atoms with van der Waals surface area (Å²) in [5, 5.41) is 6.95. The van der Waals surface area contributed by atoms with E-state index in [1.807, 2.05) is 18.9 Å². The summed E-state index contributed by atoms with van der Waals surface area (Å²) in [6, 6.07) is 0.890. The van der Waals surface area contributed by atoms with E-state index < -0.39 is 0 Å². The largest absolute Gasteiger partial charge is 0.355 e. The first-order valence-corrected chi connectivity index (χ1v) is 9.16. The molecular weight excluding hydrogens is 417 g/mol. The number of aliphatic imine (C=N–C) groups is 1. The Morgan fingerprint density at radius 1 is 1.25 bits per heavy atom. The van der Waals surface area contributed by atoms with Crippen LogP contribution in [0.25, 0.3) is 0 Å². The minimum absolute atomic E-state index is 0. The highest BCUT2D eigenvalue weighted by Crippen LogP contribution is 2.13. The highest BCUT2D eigenvalue weighted by Gasteiger charge is 2.26. The zero-order valence-corrected chi connectivity index (χ0v) is 17.7. The number of amides is 1. The summed E-state index contributed by atoms with van der Waals surface area (Å²) >= 11 is 0. The molecule has 0 bridgehead atoms. The van der Waals surface area contributed by atoms with Crippen LogP contribution in [0.5, 0.6) is 0 Å². The minimum atomic E-state index is 0. The van der Waals surface area contributed by atoms with Gasteiger partial charge in [0.25, 0.3) is 0 Å². The molecule has 1 amide bonds. The quantitative estimate of drug-likeness (QED) is 0.367. The Morgan fingerprint density at radius 3 is 2.54 bits per heavy atom. The van der Waals surface area contributed by atoms with Gasteiger partial charge in [-0.2, -0.15) is 0 Å². The van der Waals surface area contributed by atoms with E-state index in [0.717, 1.165) is 38.4 Å². The average molecular weight is 451 g/mol. The summed E-state index contributed by atoms with van der Waals surface area (Å²) in [4.78, 5) is 20.6. The summed E-state index contributed by atoms with van der Waals surface area (Å²) in [6.07, 6.45) is 5.40. The molecule has 0 spiro atoms. The van der Waals surface area contributed by atoms with E-state index >= 15 is 0 Å². The lowest BCUT2D eigenvalue weighted by molar-refractivity contribution is -0.129. The van der Waals surface area contributed by atoms with E-state index in [4.69, 9.17) is 0 Å². The van der Waals surface area contributed by atoms with Crippen LogP contribution in [0.3, 0.4) is 0 Å². The molecule has 2 fully saturated rings. The molecule has 0 aromatic carbocycles. The molecule has 7 heteroatoms. The van der Waals surface area contributed by atoms with Crippen molar-refractivity contribution < 1.29 is 4.79 Å². The summed E-state index contributed by atoms with van der Waals surface area (Å²) < 4.78 is 0. The molecule has 0 aromatic heterocycles. The molecule has 0 aliphatic carbocycles. The third-order valence-corrected chi connectivity index (χ3v) is 5.04. The number of nitrogens with zero attached hydrogens (tertiary/aromatic N) is 3. The molecule has 2 atom stereocenters. The van der Waals surface area contributed by atoms with Gasteiger partial charge in [-0.3, -0.25) is 14.7 Å². The van der Waals surface area contributed by atoms with Gasteiger partial charge < -0.3 is 15.5 Å². The van der Waals surface area contributed by atoms with Crippen LogP contribution in [0.15, 0.2) is 4.99 Å². The molecule has 6 nitrogen and oxygen atoms in total. The van der Waals surface area contributed by atoms with Gasteiger partial charge in [0, 0.05) is 45.2 Å². The molecule has 2 N–H and O–H groups in total. The van der Waals surface area contributed by atoms with Gasteiger partial charge in [-0.05, 0) is 38.8 Å². The number of hydrogen-bond acceptors (Lipinski definition) is 3. The van der Waals surface area contributed by atoms with Crippen LogP contribution in [-0.4, -0.2) is 73.5 Å². The lowest BCUT2D eigenvalue weighted by Crippen LogP contribution is -2.49.